The molecule has 3 nitrogen and oxygen atoms in total. The Morgan fingerprint density at radius 2 is 2.33 bits per heavy atom. The lowest BCUT2D eigenvalue weighted by Crippen LogP contribution is -1.88. The maximum absolute atomic E-state index is 8.32. The summed E-state index contributed by atoms with van der Waals surface area (Å²) in [5.41, 5.74) is 0.775. The maximum Gasteiger partial charge on any atom is 0.133 e. The third-order valence-corrected chi connectivity index (χ3v) is 2.26. The number of ether oxygens (including phenoxy) is 1. The van der Waals surface area contributed by atoms with E-state index < -0.39 is 0 Å². The quantitative estimate of drug-likeness (QED) is 0.481. The van der Waals surface area contributed by atoms with Gasteiger partial charge in [0, 0.05) is 5.56 Å². The zero-order chi connectivity index (χ0) is 8.97. The summed E-state index contributed by atoms with van der Waals surface area (Å²) >= 11 is 3.32. The third kappa shape index (κ3) is 1.76. The summed E-state index contributed by atoms with van der Waals surface area (Å²) in [5, 5.41) is 11.2. The molecule has 0 radical (unpaired) electrons. The standard InChI is InChI=1S/C8H8BrNO2/c1-12-7-4-2-3-6(5-10-11)8(7)9/h2-5,11H,1H3. The van der Waals surface area contributed by atoms with Crippen LogP contribution in [0.5, 0.6) is 5.75 Å². The third-order valence-electron chi connectivity index (χ3n) is 1.41. The van der Waals surface area contributed by atoms with Crippen LogP contribution >= 0.6 is 15.9 Å². The Bertz CT molecular complexity index is 299. The van der Waals surface area contributed by atoms with Crippen molar-refractivity contribution < 1.29 is 9.94 Å². The number of oxime groups is 1. The molecule has 12 heavy (non-hydrogen) atoms. The molecule has 0 amide bonds. The van der Waals surface area contributed by atoms with E-state index in [9.17, 15) is 0 Å². The Hall–Kier alpha value is -1.03. The number of nitrogens with zero attached hydrogens (tertiary/aromatic N) is 1. The van der Waals surface area contributed by atoms with Crippen LogP contribution in [0.2, 0.25) is 0 Å². The first kappa shape index (κ1) is 9.06. The predicted octanol–water partition coefficient (Wildman–Crippen LogP) is 2.27. The van der Waals surface area contributed by atoms with Gasteiger partial charge in [0.05, 0.1) is 17.8 Å². The second-order valence-electron chi connectivity index (χ2n) is 2.11. The molecule has 0 aliphatic carbocycles. The minimum atomic E-state index is 0.715. The molecule has 0 unspecified atom stereocenters. The first-order valence-corrected chi connectivity index (χ1v) is 4.09. The number of halogens is 1. The predicted molar refractivity (Wildman–Crippen MR) is 50.1 cm³/mol. The van der Waals surface area contributed by atoms with Crippen LogP contribution < -0.4 is 4.74 Å². The molecule has 0 aliphatic rings. The smallest absolute Gasteiger partial charge is 0.133 e. The number of benzene rings is 1. The van der Waals surface area contributed by atoms with Crippen molar-refractivity contribution in [3.8, 4) is 5.75 Å². The second kappa shape index (κ2) is 4.11. The van der Waals surface area contributed by atoms with E-state index in [4.69, 9.17) is 9.94 Å². The average molecular weight is 230 g/mol. The highest BCUT2D eigenvalue weighted by Gasteiger charge is 2.02. The molecule has 0 spiro atoms. The van der Waals surface area contributed by atoms with Crippen LogP contribution in [0.4, 0.5) is 0 Å². The largest absolute Gasteiger partial charge is 0.496 e. The van der Waals surface area contributed by atoms with Gasteiger partial charge in [-0.25, -0.2) is 0 Å². The molecule has 4 heteroatoms. The summed E-state index contributed by atoms with van der Waals surface area (Å²) in [6.07, 6.45) is 1.34. The normalized spacial score (nSPS) is 10.5. The van der Waals surface area contributed by atoms with Crippen molar-refractivity contribution in [2.75, 3.05) is 7.11 Å². The minimum absolute atomic E-state index is 0.715. The molecule has 0 atom stereocenters. The van der Waals surface area contributed by atoms with Crippen molar-refractivity contribution in [1.29, 1.82) is 0 Å². The van der Waals surface area contributed by atoms with E-state index in [1.54, 1.807) is 7.11 Å². The molecule has 1 aromatic carbocycles. The van der Waals surface area contributed by atoms with Crippen molar-refractivity contribution in [3.63, 3.8) is 0 Å². The van der Waals surface area contributed by atoms with Gasteiger partial charge in [0.2, 0.25) is 0 Å². The molecule has 1 N–H and O–H groups in total. The summed E-state index contributed by atoms with van der Waals surface area (Å²) in [6.45, 7) is 0. The van der Waals surface area contributed by atoms with Crippen LogP contribution in [0, 0.1) is 0 Å². The highest BCUT2D eigenvalue weighted by Crippen LogP contribution is 2.26. The fourth-order valence-corrected chi connectivity index (χ4v) is 1.38. The van der Waals surface area contributed by atoms with E-state index >= 15 is 0 Å². The molecule has 0 aliphatic heterocycles. The molecule has 0 fully saturated rings. The first-order valence-electron chi connectivity index (χ1n) is 3.29. The molecule has 1 aromatic rings. The van der Waals surface area contributed by atoms with Crippen molar-refractivity contribution >= 4 is 22.1 Å². The molecule has 0 saturated carbocycles. The van der Waals surface area contributed by atoms with Gasteiger partial charge in [-0.1, -0.05) is 17.3 Å². The molecule has 0 saturated heterocycles. The molecular weight excluding hydrogens is 222 g/mol. The number of rotatable bonds is 2. The van der Waals surface area contributed by atoms with Crippen LogP contribution in [0.1, 0.15) is 5.56 Å². The van der Waals surface area contributed by atoms with E-state index in [1.807, 2.05) is 18.2 Å². The summed E-state index contributed by atoms with van der Waals surface area (Å²) in [4.78, 5) is 0. The zero-order valence-electron chi connectivity index (χ0n) is 6.49. The fraction of sp³-hybridized carbons (Fsp3) is 0.125. The lowest BCUT2D eigenvalue weighted by molar-refractivity contribution is 0.322. The van der Waals surface area contributed by atoms with Gasteiger partial charge in [0.25, 0.3) is 0 Å². The maximum atomic E-state index is 8.32. The number of methoxy groups -OCH3 is 1. The van der Waals surface area contributed by atoms with Crippen molar-refractivity contribution in [1.82, 2.24) is 0 Å². The van der Waals surface area contributed by atoms with Gasteiger partial charge in [-0.2, -0.15) is 0 Å². The Morgan fingerprint density at radius 3 is 2.92 bits per heavy atom. The Balaban J connectivity index is 3.13. The molecule has 0 aromatic heterocycles. The van der Waals surface area contributed by atoms with Crippen molar-refractivity contribution in [2.24, 2.45) is 5.16 Å². The summed E-state index contributed by atoms with van der Waals surface area (Å²) in [5.74, 6) is 0.715. The lowest BCUT2D eigenvalue weighted by Gasteiger charge is -2.03. The van der Waals surface area contributed by atoms with Crippen LogP contribution in [0.3, 0.4) is 0 Å². The Labute approximate surface area is 78.8 Å². The number of hydrogen-bond acceptors (Lipinski definition) is 3. The zero-order valence-corrected chi connectivity index (χ0v) is 8.08. The van der Waals surface area contributed by atoms with Gasteiger partial charge in [-0.15, -0.1) is 0 Å². The van der Waals surface area contributed by atoms with Gasteiger partial charge < -0.3 is 9.94 Å². The van der Waals surface area contributed by atoms with Gasteiger partial charge in [0.1, 0.15) is 5.75 Å². The van der Waals surface area contributed by atoms with E-state index in [-0.39, 0.29) is 0 Å². The van der Waals surface area contributed by atoms with Crippen LogP contribution in [0.15, 0.2) is 27.8 Å². The topological polar surface area (TPSA) is 41.8 Å². The molecule has 64 valence electrons. The Morgan fingerprint density at radius 1 is 1.58 bits per heavy atom. The van der Waals surface area contributed by atoms with Crippen molar-refractivity contribution in [3.05, 3.63) is 28.2 Å². The first-order chi connectivity index (χ1) is 5.79. The molecule has 0 bridgehead atoms. The average Bonchev–Trinajstić information content (AvgIpc) is 2.09. The molecule has 0 heterocycles. The van der Waals surface area contributed by atoms with Gasteiger partial charge in [-0.05, 0) is 22.0 Å². The lowest BCUT2D eigenvalue weighted by atomic mass is 10.2. The van der Waals surface area contributed by atoms with E-state index in [2.05, 4.69) is 21.1 Å². The minimum Gasteiger partial charge on any atom is -0.496 e. The summed E-state index contributed by atoms with van der Waals surface area (Å²) in [6, 6.07) is 5.45. The summed E-state index contributed by atoms with van der Waals surface area (Å²) in [7, 11) is 1.58. The summed E-state index contributed by atoms with van der Waals surface area (Å²) < 4.78 is 5.82. The van der Waals surface area contributed by atoms with E-state index in [0.29, 0.717) is 5.75 Å². The highest BCUT2D eigenvalue weighted by atomic mass is 79.9. The van der Waals surface area contributed by atoms with E-state index in [1.165, 1.54) is 6.21 Å². The van der Waals surface area contributed by atoms with Crippen LogP contribution in [-0.4, -0.2) is 18.5 Å². The second-order valence-corrected chi connectivity index (χ2v) is 2.90. The van der Waals surface area contributed by atoms with Crippen molar-refractivity contribution in [2.45, 2.75) is 0 Å². The molecule has 1 rings (SSSR count). The van der Waals surface area contributed by atoms with E-state index in [0.717, 1.165) is 10.0 Å². The van der Waals surface area contributed by atoms with Crippen LogP contribution in [0.25, 0.3) is 0 Å². The fourth-order valence-electron chi connectivity index (χ4n) is 0.847. The highest BCUT2D eigenvalue weighted by molar-refractivity contribution is 9.10. The SMILES string of the molecule is COc1cccc(C=NO)c1Br. The Kier molecular flexibility index (Phi) is 3.10. The number of hydrogen-bond donors (Lipinski definition) is 1. The molecular formula is C8H8BrNO2. The van der Waals surface area contributed by atoms with Gasteiger partial charge in [-0.3, -0.25) is 0 Å². The monoisotopic (exact) mass is 229 g/mol. The van der Waals surface area contributed by atoms with Gasteiger partial charge in [0.15, 0.2) is 0 Å². The van der Waals surface area contributed by atoms with Gasteiger partial charge >= 0.3 is 0 Å². The van der Waals surface area contributed by atoms with Crippen LogP contribution in [-0.2, 0) is 0 Å².